The molecule has 0 radical (unpaired) electrons. The van der Waals surface area contributed by atoms with Gasteiger partial charge >= 0.3 is 0 Å². The lowest BCUT2D eigenvalue weighted by molar-refractivity contribution is 0.341. The molecule has 3 atom stereocenters. The summed E-state index contributed by atoms with van der Waals surface area (Å²) in [5.74, 6) is 1.77. The Hall–Kier alpha value is -0.420. The summed E-state index contributed by atoms with van der Waals surface area (Å²) in [5.41, 5.74) is 0. The van der Waals surface area contributed by atoms with Crippen molar-refractivity contribution in [1.82, 2.24) is 15.5 Å². The number of nitrogens with zero attached hydrogens (tertiary/aromatic N) is 2. The van der Waals surface area contributed by atoms with Crippen LogP contribution in [0.5, 0.6) is 0 Å². The molecule has 0 aromatic carbocycles. The lowest BCUT2D eigenvalue weighted by Crippen LogP contribution is -2.44. The standard InChI is InChI=1S/C15H30N4S/c1-4-19-8-7-12(11-19)10-17-15(16-2)18-13-5-6-14(9-13)20-3/h12-14H,4-11H2,1-3H3,(H2,16,17,18). The summed E-state index contributed by atoms with van der Waals surface area (Å²) in [4.78, 5) is 6.91. The fourth-order valence-electron chi connectivity index (χ4n) is 3.28. The fourth-order valence-corrected chi connectivity index (χ4v) is 4.08. The number of hydrogen-bond acceptors (Lipinski definition) is 3. The zero-order valence-corrected chi connectivity index (χ0v) is 14.0. The summed E-state index contributed by atoms with van der Waals surface area (Å²) in [5, 5.41) is 7.94. The molecule has 20 heavy (non-hydrogen) atoms. The Morgan fingerprint density at radius 2 is 2.20 bits per heavy atom. The summed E-state index contributed by atoms with van der Waals surface area (Å²) >= 11 is 2.00. The van der Waals surface area contributed by atoms with Crippen LogP contribution in [0.1, 0.15) is 32.6 Å². The number of thioether (sulfide) groups is 1. The van der Waals surface area contributed by atoms with Crippen LogP contribution >= 0.6 is 11.8 Å². The second kappa shape index (κ2) is 8.13. The van der Waals surface area contributed by atoms with E-state index in [-0.39, 0.29) is 0 Å². The van der Waals surface area contributed by atoms with Gasteiger partial charge in [0, 0.05) is 31.4 Å². The first-order chi connectivity index (χ1) is 9.75. The maximum absolute atomic E-state index is 4.38. The van der Waals surface area contributed by atoms with Gasteiger partial charge in [0.15, 0.2) is 5.96 Å². The van der Waals surface area contributed by atoms with E-state index in [1.54, 1.807) is 0 Å². The van der Waals surface area contributed by atoms with Crippen molar-refractivity contribution in [3.05, 3.63) is 0 Å². The molecule has 1 saturated heterocycles. The molecule has 1 heterocycles. The van der Waals surface area contributed by atoms with Crippen LogP contribution in [0.3, 0.4) is 0 Å². The van der Waals surface area contributed by atoms with Crippen molar-refractivity contribution in [2.75, 3.05) is 39.5 Å². The number of nitrogens with one attached hydrogen (secondary N) is 2. The van der Waals surface area contributed by atoms with Crippen LogP contribution in [-0.4, -0.2) is 61.6 Å². The monoisotopic (exact) mass is 298 g/mol. The maximum atomic E-state index is 4.38. The Balaban J connectivity index is 1.68. The quantitative estimate of drug-likeness (QED) is 0.599. The van der Waals surface area contributed by atoms with Gasteiger partial charge in [0.1, 0.15) is 0 Å². The summed E-state index contributed by atoms with van der Waals surface area (Å²) in [6, 6.07) is 0.606. The Morgan fingerprint density at radius 3 is 2.80 bits per heavy atom. The second-order valence-electron chi connectivity index (χ2n) is 6.01. The average Bonchev–Trinajstić information content (AvgIpc) is 3.12. The van der Waals surface area contributed by atoms with Gasteiger partial charge < -0.3 is 15.5 Å². The Morgan fingerprint density at radius 1 is 1.35 bits per heavy atom. The predicted octanol–water partition coefficient (Wildman–Crippen LogP) is 1.78. The summed E-state index contributed by atoms with van der Waals surface area (Å²) < 4.78 is 0. The van der Waals surface area contributed by atoms with E-state index < -0.39 is 0 Å². The number of aliphatic imine (C=N–C) groups is 1. The van der Waals surface area contributed by atoms with Crippen molar-refractivity contribution < 1.29 is 0 Å². The van der Waals surface area contributed by atoms with E-state index in [0.29, 0.717) is 6.04 Å². The molecule has 1 saturated carbocycles. The molecule has 2 fully saturated rings. The molecular formula is C15H30N4S. The smallest absolute Gasteiger partial charge is 0.191 e. The number of likely N-dealkylation sites (tertiary alicyclic amines) is 1. The Kier molecular flexibility index (Phi) is 6.49. The van der Waals surface area contributed by atoms with E-state index in [9.17, 15) is 0 Å². The van der Waals surface area contributed by atoms with Gasteiger partial charge in [-0.15, -0.1) is 0 Å². The van der Waals surface area contributed by atoms with Crippen molar-refractivity contribution in [3.8, 4) is 0 Å². The van der Waals surface area contributed by atoms with E-state index in [0.717, 1.165) is 23.7 Å². The van der Waals surface area contributed by atoms with Crippen LogP contribution in [0.15, 0.2) is 4.99 Å². The average molecular weight is 299 g/mol. The van der Waals surface area contributed by atoms with Crippen LogP contribution < -0.4 is 10.6 Å². The highest BCUT2D eigenvalue weighted by Gasteiger charge is 2.25. The van der Waals surface area contributed by atoms with E-state index in [1.165, 1.54) is 45.3 Å². The van der Waals surface area contributed by atoms with E-state index in [1.807, 2.05) is 18.8 Å². The van der Waals surface area contributed by atoms with E-state index >= 15 is 0 Å². The van der Waals surface area contributed by atoms with Crippen molar-refractivity contribution in [2.24, 2.45) is 10.9 Å². The molecule has 3 unspecified atom stereocenters. The normalized spacial score (nSPS) is 31.8. The SMILES string of the molecule is CCN1CCC(CNC(=NC)NC2CCC(SC)C2)C1. The molecule has 0 aromatic heterocycles. The molecule has 0 bridgehead atoms. The highest BCUT2D eigenvalue weighted by Crippen LogP contribution is 2.28. The van der Waals surface area contributed by atoms with E-state index in [2.05, 4.69) is 33.7 Å². The van der Waals surface area contributed by atoms with Crippen molar-refractivity contribution in [2.45, 2.75) is 43.9 Å². The first-order valence-corrected chi connectivity index (χ1v) is 9.26. The van der Waals surface area contributed by atoms with Crippen molar-refractivity contribution in [3.63, 3.8) is 0 Å². The molecule has 2 rings (SSSR count). The first kappa shape index (κ1) is 16.0. The van der Waals surface area contributed by atoms with Gasteiger partial charge in [0.25, 0.3) is 0 Å². The highest BCUT2D eigenvalue weighted by molar-refractivity contribution is 7.99. The number of guanidine groups is 1. The lowest BCUT2D eigenvalue weighted by Gasteiger charge is -2.19. The first-order valence-electron chi connectivity index (χ1n) is 7.97. The molecule has 0 aromatic rings. The highest BCUT2D eigenvalue weighted by atomic mass is 32.2. The molecular weight excluding hydrogens is 268 g/mol. The third kappa shape index (κ3) is 4.55. The van der Waals surface area contributed by atoms with E-state index in [4.69, 9.17) is 0 Å². The van der Waals surface area contributed by atoms with Crippen LogP contribution in [0, 0.1) is 5.92 Å². The molecule has 4 nitrogen and oxygen atoms in total. The van der Waals surface area contributed by atoms with Crippen LogP contribution in [-0.2, 0) is 0 Å². The van der Waals surface area contributed by atoms with Crippen molar-refractivity contribution >= 4 is 17.7 Å². The minimum atomic E-state index is 0.606. The zero-order chi connectivity index (χ0) is 14.4. The fraction of sp³-hybridized carbons (Fsp3) is 0.933. The summed E-state index contributed by atoms with van der Waals surface area (Å²) in [6.45, 7) is 6.97. The van der Waals surface area contributed by atoms with Gasteiger partial charge in [-0.1, -0.05) is 6.92 Å². The predicted molar refractivity (Wildman–Crippen MR) is 89.7 cm³/mol. The van der Waals surface area contributed by atoms with Crippen LogP contribution in [0.25, 0.3) is 0 Å². The summed E-state index contributed by atoms with van der Waals surface area (Å²) in [7, 11) is 1.88. The van der Waals surface area contributed by atoms with Crippen LogP contribution in [0.4, 0.5) is 0 Å². The molecule has 2 aliphatic rings. The van der Waals surface area contributed by atoms with Gasteiger partial charge in [-0.2, -0.15) is 11.8 Å². The Labute approximate surface area is 128 Å². The van der Waals surface area contributed by atoms with Gasteiger partial charge in [-0.05, 0) is 50.9 Å². The molecule has 5 heteroatoms. The third-order valence-electron chi connectivity index (χ3n) is 4.66. The maximum Gasteiger partial charge on any atom is 0.191 e. The van der Waals surface area contributed by atoms with Crippen LogP contribution in [0.2, 0.25) is 0 Å². The van der Waals surface area contributed by atoms with Gasteiger partial charge in [0.05, 0.1) is 0 Å². The number of rotatable bonds is 5. The largest absolute Gasteiger partial charge is 0.356 e. The minimum Gasteiger partial charge on any atom is -0.356 e. The Bertz CT molecular complexity index is 321. The molecule has 116 valence electrons. The molecule has 2 N–H and O–H groups in total. The van der Waals surface area contributed by atoms with Gasteiger partial charge in [0.2, 0.25) is 0 Å². The zero-order valence-electron chi connectivity index (χ0n) is 13.2. The molecule has 0 amide bonds. The van der Waals surface area contributed by atoms with Gasteiger partial charge in [-0.3, -0.25) is 4.99 Å². The van der Waals surface area contributed by atoms with Crippen molar-refractivity contribution in [1.29, 1.82) is 0 Å². The summed E-state index contributed by atoms with van der Waals surface area (Å²) in [6.07, 6.45) is 7.42. The number of hydrogen-bond donors (Lipinski definition) is 2. The third-order valence-corrected chi connectivity index (χ3v) is 5.75. The molecule has 0 spiro atoms. The minimum absolute atomic E-state index is 0.606. The molecule has 1 aliphatic carbocycles. The second-order valence-corrected chi connectivity index (χ2v) is 7.15. The molecule has 1 aliphatic heterocycles. The lowest BCUT2D eigenvalue weighted by atomic mass is 10.1. The van der Waals surface area contributed by atoms with Gasteiger partial charge in [-0.25, -0.2) is 0 Å². The topological polar surface area (TPSA) is 39.7 Å².